The zero-order valence-corrected chi connectivity index (χ0v) is 11.2. The first-order chi connectivity index (χ1) is 8.61. The van der Waals surface area contributed by atoms with Crippen LogP contribution in [0.4, 0.5) is 0 Å². The Bertz CT molecular complexity index is 364. The van der Waals surface area contributed by atoms with Crippen LogP contribution in [0.15, 0.2) is 30.3 Å². The summed E-state index contributed by atoms with van der Waals surface area (Å²) in [5.74, 6) is 0.647. The average molecular weight is 248 g/mol. The fraction of sp³-hybridized carbons (Fsp3) is 0.600. The van der Waals surface area contributed by atoms with E-state index in [-0.39, 0.29) is 0 Å². The maximum absolute atomic E-state index is 9.91. The van der Waals surface area contributed by atoms with Gasteiger partial charge in [0.1, 0.15) is 0 Å². The van der Waals surface area contributed by atoms with Crippen LogP contribution in [0, 0.1) is 0 Å². The first kappa shape index (κ1) is 13.5. The lowest BCUT2D eigenvalue weighted by Crippen LogP contribution is -2.38. The minimum atomic E-state index is -0.717. The Morgan fingerprint density at radius 2 is 2.11 bits per heavy atom. The Balaban J connectivity index is 1.82. The summed E-state index contributed by atoms with van der Waals surface area (Å²) in [6, 6.07) is 10.7. The molecule has 0 amide bonds. The van der Waals surface area contributed by atoms with Gasteiger partial charge in [-0.1, -0.05) is 30.3 Å². The maximum atomic E-state index is 9.91. The van der Waals surface area contributed by atoms with Crippen LogP contribution >= 0.6 is 0 Å². The largest absolute Gasteiger partial charge is 0.389 e. The molecule has 3 N–H and O–H groups in total. The third kappa shape index (κ3) is 3.55. The van der Waals surface area contributed by atoms with E-state index in [1.165, 1.54) is 12.0 Å². The fourth-order valence-corrected chi connectivity index (χ4v) is 2.53. The molecule has 1 aliphatic rings. The first-order valence-corrected chi connectivity index (χ1v) is 6.80. The monoisotopic (exact) mass is 248 g/mol. The van der Waals surface area contributed by atoms with E-state index < -0.39 is 5.60 Å². The van der Waals surface area contributed by atoms with Gasteiger partial charge in [0, 0.05) is 19.6 Å². The molecule has 1 fully saturated rings. The SMILES string of the molecule is CC(O)(CN)CCN1CCC(c2ccccc2)C1. The molecule has 1 aliphatic heterocycles. The zero-order chi connectivity index (χ0) is 13.0. The summed E-state index contributed by atoms with van der Waals surface area (Å²) >= 11 is 0. The van der Waals surface area contributed by atoms with Crippen molar-refractivity contribution < 1.29 is 5.11 Å². The smallest absolute Gasteiger partial charge is 0.0753 e. The fourth-order valence-electron chi connectivity index (χ4n) is 2.53. The van der Waals surface area contributed by atoms with Crippen molar-refractivity contribution in [2.75, 3.05) is 26.2 Å². The zero-order valence-electron chi connectivity index (χ0n) is 11.2. The van der Waals surface area contributed by atoms with Crippen molar-refractivity contribution in [3.63, 3.8) is 0 Å². The van der Waals surface area contributed by atoms with Crippen LogP contribution in [0.5, 0.6) is 0 Å². The Morgan fingerprint density at radius 3 is 2.78 bits per heavy atom. The van der Waals surface area contributed by atoms with E-state index in [9.17, 15) is 5.11 Å². The molecule has 0 aliphatic carbocycles. The molecule has 0 bridgehead atoms. The lowest BCUT2D eigenvalue weighted by molar-refractivity contribution is 0.0501. The van der Waals surface area contributed by atoms with Crippen LogP contribution in [0.2, 0.25) is 0 Å². The van der Waals surface area contributed by atoms with Gasteiger partial charge in [0.15, 0.2) is 0 Å². The maximum Gasteiger partial charge on any atom is 0.0753 e. The van der Waals surface area contributed by atoms with Crippen molar-refractivity contribution in [3.8, 4) is 0 Å². The molecule has 0 spiro atoms. The van der Waals surface area contributed by atoms with Crippen LogP contribution in [-0.2, 0) is 0 Å². The Labute approximate surface area is 110 Å². The number of rotatable bonds is 5. The molecule has 3 heteroatoms. The molecular formula is C15H24N2O. The van der Waals surface area contributed by atoms with Gasteiger partial charge in [-0.2, -0.15) is 0 Å². The molecule has 1 aromatic carbocycles. The van der Waals surface area contributed by atoms with Gasteiger partial charge in [-0.3, -0.25) is 0 Å². The summed E-state index contributed by atoms with van der Waals surface area (Å²) in [5.41, 5.74) is 6.26. The molecule has 1 aromatic rings. The minimum absolute atomic E-state index is 0.336. The average Bonchev–Trinajstić information content (AvgIpc) is 2.86. The van der Waals surface area contributed by atoms with Gasteiger partial charge >= 0.3 is 0 Å². The predicted octanol–water partition coefficient (Wildman–Crippen LogP) is 1.58. The summed E-state index contributed by atoms with van der Waals surface area (Å²) in [7, 11) is 0. The van der Waals surface area contributed by atoms with Crippen LogP contribution in [0.25, 0.3) is 0 Å². The van der Waals surface area contributed by atoms with Crippen LogP contribution in [0.3, 0.4) is 0 Å². The molecule has 2 atom stereocenters. The molecule has 1 saturated heterocycles. The summed E-state index contributed by atoms with van der Waals surface area (Å²) in [6.45, 7) is 5.32. The highest BCUT2D eigenvalue weighted by molar-refractivity contribution is 5.20. The third-order valence-corrected chi connectivity index (χ3v) is 3.95. The number of hydrogen-bond donors (Lipinski definition) is 2. The van der Waals surface area contributed by atoms with E-state index >= 15 is 0 Å². The highest BCUT2D eigenvalue weighted by atomic mass is 16.3. The van der Waals surface area contributed by atoms with Gasteiger partial charge in [0.05, 0.1) is 5.60 Å². The Morgan fingerprint density at radius 1 is 1.39 bits per heavy atom. The number of likely N-dealkylation sites (tertiary alicyclic amines) is 1. The van der Waals surface area contributed by atoms with Gasteiger partial charge in [0.25, 0.3) is 0 Å². The molecule has 2 rings (SSSR count). The second-order valence-electron chi connectivity index (χ2n) is 5.65. The van der Waals surface area contributed by atoms with E-state index in [0.717, 1.165) is 26.1 Å². The molecule has 0 aromatic heterocycles. The summed E-state index contributed by atoms with van der Waals surface area (Å²) in [4.78, 5) is 2.43. The number of hydrogen-bond acceptors (Lipinski definition) is 3. The normalized spacial score (nSPS) is 24.1. The molecule has 100 valence electrons. The van der Waals surface area contributed by atoms with Gasteiger partial charge in [-0.25, -0.2) is 0 Å². The van der Waals surface area contributed by atoms with Gasteiger partial charge < -0.3 is 15.7 Å². The van der Waals surface area contributed by atoms with Crippen molar-refractivity contribution in [1.29, 1.82) is 0 Å². The molecule has 18 heavy (non-hydrogen) atoms. The van der Waals surface area contributed by atoms with E-state index in [1.807, 2.05) is 6.92 Å². The molecule has 2 unspecified atom stereocenters. The third-order valence-electron chi connectivity index (χ3n) is 3.95. The lowest BCUT2D eigenvalue weighted by Gasteiger charge is -2.24. The summed E-state index contributed by atoms with van der Waals surface area (Å²) in [5, 5.41) is 9.91. The van der Waals surface area contributed by atoms with Gasteiger partial charge in [0.2, 0.25) is 0 Å². The van der Waals surface area contributed by atoms with Gasteiger partial charge in [-0.15, -0.1) is 0 Å². The van der Waals surface area contributed by atoms with Crippen molar-refractivity contribution in [3.05, 3.63) is 35.9 Å². The topological polar surface area (TPSA) is 49.5 Å². The Kier molecular flexibility index (Phi) is 4.38. The lowest BCUT2D eigenvalue weighted by atomic mass is 9.99. The first-order valence-electron chi connectivity index (χ1n) is 6.80. The molecule has 3 nitrogen and oxygen atoms in total. The number of nitrogens with two attached hydrogens (primary N) is 1. The predicted molar refractivity (Wildman–Crippen MR) is 74.5 cm³/mol. The quantitative estimate of drug-likeness (QED) is 0.831. The molecule has 0 radical (unpaired) electrons. The van der Waals surface area contributed by atoms with Crippen LogP contribution in [0.1, 0.15) is 31.2 Å². The van der Waals surface area contributed by atoms with Crippen LogP contribution in [-0.4, -0.2) is 41.8 Å². The number of nitrogens with zero attached hydrogens (tertiary/aromatic N) is 1. The van der Waals surface area contributed by atoms with Crippen LogP contribution < -0.4 is 5.73 Å². The second kappa shape index (κ2) is 5.83. The number of benzene rings is 1. The highest BCUT2D eigenvalue weighted by Gasteiger charge is 2.26. The Hall–Kier alpha value is -0.900. The van der Waals surface area contributed by atoms with E-state index in [1.54, 1.807) is 0 Å². The summed E-state index contributed by atoms with van der Waals surface area (Å²) in [6.07, 6.45) is 1.97. The van der Waals surface area contributed by atoms with Crippen molar-refractivity contribution in [2.45, 2.75) is 31.3 Å². The second-order valence-corrected chi connectivity index (χ2v) is 5.65. The van der Waals surface area contributed by atoms with E-state index in [4.69, 9.17) is 5.73 Å². The van der Waals surface area contributed by atoms with Crippen molar-refractivity contribution in [1.82, 2.24) is 4.90 Å². The van der Waals surface area contributed by atoms with E-state index in [0.29, 0.717) is 12.5 Å². The highest BCUT2D eigenvalue weighted by Crippen LogP contribution is 2.27. The minimum Gasteiger partial charge on any atom is -0.389 e. The molecule has 0 saturated carbocycles. The van der Waals surface area contributed by atoms with Gasteiger partial charge in [-0.05, 0) is 37.8 Å². The van der Waals surface area contributed by atoms with Crippen molar-refractivity contribution >= 4 is 0 Å². The molecule has 1 heterocycles. The van der Waals surface area contributed by atoms with Crippen molar-refractivity contribution in [2.24, 2.45) is 5.73 Å². The standard InChI is InChI=1S/C15H24N2O/c1-15(18,12-16)8-10-17-9-7-14(11-17)13-5-3-2-4-6-13/h2-6,14,18H,7-12,16H2,1H3. The summed E-state index contributed by atoms with van der Waals surface area (Å²) < 4.78 is 0. The number of aliphatic hydroxyl groups is 1. The van der Waals surface area contributed by atoms with E-state index in [2.05, 4.69) is 35.2 Å². The molecular weight excluding hydrogens is 224 g/mol.